The predicted octanol–water partition coefficient (Wildman–Crippen LogP) is 2.53. The number of carbonyl (C=O) groups is 3. The highest BCUT2D eigenvalue weighted by molar-refractivity contribution is 6.31. The van der Waals surface area contributed by atoms with Crippen LogP contribution in [0.4, 0.5) is 8.78 Å². The van der Waals surface area contributed by atoms with Crippen LogP contribution in [0.3, 0.4) is 0 Å². The van der Waals surface area contributed by atoms with Gasteiger partial charge in [-0.25, -0.2) is 13.8 Å². The van der Waals surface area contributed by atoms with Crippen molar-refractivity contribution in [2.24, 2.45) is 0 Å². The Morgan fingerprint density at radius 1 is 1.12 bits per heavy atom. The van der Waals surface area contributed by atoms with Crippen LogP contribution < -0.4 is 5.32 Å². The summed E-state index contributed by atoms with van der Waals surface area (Å²) in [6, 6.07) is 5.16. The number of carbonyl (C=O) groups excluding carboxylic acids is 3. The van der Waals surface area contributed by atoms with E-state index in [4.69, 9.17) is 11.6 Å². The lowest BCUT2D eigenvalue weighted by molar-refractivity contribution is -0.139. The van der Waals surface area contributed by atoms with Gasteiger partial charge < -0.3 is 20.1 Å². The molecule has 0 bridgehead atoms. The minimum atomic E-state index is -1.11. The Balaban J connectivity index is 1.56. The number of rotatable bonds is 5. The fourth-order valence-corrected chi connectivity index (χ4v) is 4.08. The number of piperazine rings is 1. The van der Waals surface area contributed by atoms with E-state index in [0.717, 1.165) is 12.1 Å². The Morgan fingerprint density at radius 2 is 1.82 bits per heavy atom. The molecular formula is C23H22ClF2N5O3. The molecule has 3 aromatic rings. The lowest BCUT2D eigenvalue weighted by Gasteiger charge is -2.36. The third-order valence-corrected chi connectivity index (χ3v) is 5.97. The highest BCUT2D eigenvalue weighted by Gasteiger charge is 2.30. The fourth-order valence-electron chi connectivity index (χ4n) is 3.92. The highest BCUT2D eigenvalue weighted by Crippen LogP contribution is 2.19. The zero-order valence-electron chi connectivity index (χ0n) is 18.3. The molecule has 0 aliphatic carbocycles. The number of nitrogens with one attached hydrogen (secondary N) is 2. The Bertz CT molecular complexity index is 1260. The van der Waals surface area contributed by atoms with Gasteiger partial charge in [-0.15, -0.1) is 0 Å². The first-order chi connectivity index (χ1) is 16.2. The number of aromatic amines is 1. The molecule has 2 aromatic heterocycles. The van der Waals surface area contributed by atoms with Crippen LogP contribution in [0, 0.1) is 11.6 Å². The molecule has 4 rings (SSSR count). The van der Waals surface area contributed by atoms with Crippen molar-refractivity contribution in [3.63, 3.8) is 0 Å². The van der Waals surface area contributed by atoms with Crippen molar-refractivity contribution in [1.29, 1.82) is 0 Å². The third kappa shape index (κ3) is 5.17. The summed E-state index contributed by atoms with van der Waals surface area (Å²) < 4.78 is 27.7. The van der Waals surface area contributed by atoms with Crippen LogP contribution >= 0.6 is 11.6 Å². The van der Waals surface area contributed by atoms with Crippen molar-refractivity contribution in [1.82, 2.24) is 25.1 Å². The smallest absolute Gasteiger partial charge is 0.268 e. The van der Waals surface area contributed by atoms with Gasteiger partial charge in [0.15, 0.2) is 0 Å². The molecule has 34 heavy (non-hydrogen) atoms. The first-order valence-corrected chi connectivity index (χ1v) is 11.0. The summed E-state index contributed by atoms with van der Waals surface area (Å²) in [6.45, 7) is 2.75. The number of hydrogen-bond acceptors (Lipinski definition) is 4. The SMILES string of the molecule is CC(=O)N1CCN(C(=O)[C@H](Cc2ccc(F)cc2F)NC(=O)c2cc3cc(Cl)cnc3[nH]2)CC1. The average molecular weight is 490 g/mol. The molecule has 8 nitrogen and oxygen atoms in total. The molecule has 2 N–H and O–H groups in total. The summed E-state index contributed by atoms with van der Waals surface area (Å²) in [5, 5.41) is 3.69. The Morgan fingerprint density at radius 3 is 2.50 bits per heavy atom. The third-order valence-electron chi connectivity index (χ3n) is 5.76. The largest absolute Gasteiger partial charge is 0.339 e. The molecular weight excluding hydrogens is 468 g/mol. The van der Waals surface area contributed by atoms with Gasteiger partial charge in [-0.3, -0.25) is 14.4 Å². The van der Waals surface area contributed by atoms with Gasteiger partial charge in [0.1, 0.15) is 29.0 Å². The summed E-state index contributed by atoms with van der Waals surface area (Å²) in [5.41, 5.74) is 0.693. The van der Waals surface area contributed by atoms with Gasteiger partial charge in [0.25, 0.3) is 5.91 Å². The van der Waals surface area contributed by atoms with Crippen LogP contribution in [-0.4, -0.2) is 69.7 Å². The maximum absolute atomic E-state index is 14.3. The molecule has 0 saturated carbocycles. The number of nitrogens with zero attached hydrogens (tertiary/aromatic N) is 3. The van der Waals surface area contributed by atoms with E-state index in [0.29, 0.717) is 29.1 Å². The van der Waals surface area contributed by atoms with Crippen molar-refractivity contribution in [2.45, 2.75) is 19.4 Å². The number of hydrogen-bond donors (Lipinski definition) is 2. The van der Waals surface area contributed by atoms with Gasteiger partial charge in [0, 0.05) is 57.2 Å². The van der Waals surface area contributed by atoms with Gasteiger partial charge in [-0.1, -0.05) is 17.7 Å². The Kier molecular flexibility index (Phi) is 6.78. The molecule has 0 radical (unpaired) electrons. The van der Waals surface area contributed by atoms with Gasteiger partial charge in [-0.05, 0) is 23.8 Å². The predicted molar refractivity (Wildman–Crippen MR) is 121 cm³/mol. The Hall–Kier alpha value is -3.53. The van der Waals surface area contributed by atoms with Crippen LogP contribution in [0.25, 0.3) is 11.0 Å². The molecule has 3 heterocycles. The normalized spacial score (nSPS) is 14.8. The van der Waals surface area contributed by atoms with Gasteiger partial charge in [0.2, 0.25) is 11.8 Å². The zero-order valence-corrected chi connectivity index (χ0v) is 19.0. The van der Waals surface area contributed by atoms with E-state index in [1.807, 2.05) is 0 Å². The number of amides is 3. The lowest BCUT2D eigenvalue weighted by Crippen LogP contribution is -2.56. The molecule has 1 atom stereocenters. The van der Waals surface area contributed by atoms with Gasteiger partial charge in [0.05, 0.1) is 5.02 Å². The van der Waals surface area contributed by atoms with Crippen molar-refractivity contribution in [2.75, 3.05) is 26.2 Å². The Labute approximate surface area is 198 Å². The van der Waals surface area contributed by atoms with Gasteiger partial charge >= 0.3 is 0 Å². The van der Waals surface area contributed by atoms with Crippen LogP contribution in [0.1, 0.15) is 23.0 Å². The van der Waals surface area contributed by atoms with Crippen molar-refractivity contribution < 1.29 is 23.2 Å². The number of H-pyrrole nitrogens is 1. The number of fused-ring (bicyclic) bond motifs is 1. The average Bonchev–Trinajstić information content (AvgIpc) is 3.23. The first-order valence-electron chi connectivity index (χ1n) is 10.6. The number of pyridine rings is 1. The van der Waals surface area contributed by atoms with Crippen molar-refractivity contribution in [3.8, 4) is 0 Å². The second kappa shape index (κ2) is 9.76. The second-order valence-electron chi connectivity index (χ2n) is 8.07. The summed E-state index contributed by atoms with van der Waals surface area (Å²) in [6.07, 6.45) is 1.26. The van der Waals surface area contributed by atoms with Crippen molar-refractivity contribution in [3.05, 3.63) is 64.4 Å². The molecule has 1 saturated heterocycles. The maximum atomic E-state index is 14.3. The lowest BCUT2D eigenvalue weighted by atomic mass is 10.0. The maximum Gasteiger partial charge on any atom is 0.268 e. The summed E-state index contributed by atoms with van der Waals surface area (Å²) in [4.78, 5) is 48.0. The van der Waals surface area contributed by atoms with Crippen molar-refractivity contribution >= 4 is 40.4 Å². The molecule has 0 spiro atoms. The van der Waals surface area contributed by atoms with E-state index in [2.05, 4.69) is 15.3 Å². The number of halogens is 3. The van der Waals surface area contributed by atoms with E-state index in [1.165, 1.54) is 24.1 Å². The number of aromatic nitrogens is 2. The highest BCUT2D eigenvalue weighted by atomic mass is 35.5. The molecule has 1 aliphatic rings. The standard InChI is InChI=1S/C23H22ClF2N5O3/c1-13(32)30-4-6-31(7-5-30)23(34)20(9-14-2-3-17(25)11-18(14)26)29-22(33)19-10-15-8-16(24)12-27-21(15)28-19/h2-3,8,10-12,20H,4-7,9H2,1H3,(H,27,28)(H,29,33)/t20-/m0/s1. The summed E-state index contributed by atoms with van der Waals surface area (Å²) in [7, 11) is 0. The molecule has 3 amide bonds. The first kappa shape index (κ1) is 23.6. The second-order valence-corrected chi connectivity index (χ2v) is 8.51. The van der Waals surface area contributed by atoms with E-state index >= 15 is 0 Å². The molecule has 0 unspecified atom stereocenters. The topological polar surface area (TPSA) is 98.4 Å². The minimum Gasteiger partial charge on any atom is -0.339 e. The fraction of sp³-hybridized carbons (Fsp3) is 0.304. The van der Waals surface area contributed by atoms with Crippen LogP contribution in [0.2, 0.25) is 5.02 Å². The quantitative estimate of drug-likeness (QED) is 0.575. The van der Waals surface area contributed by atoms with E-state index < -0.39 is 29.5 Å². The summed E-state index contributed by atoms with van der Waals surface area (Å²) >= 11 is 5.95. The minimum absolute atomic E-state index is 0.0853. The van der Waals surface area contributed by atoms with E-state index in [-0.39, 0.29) is 36.7 Å². The molecule has 1 aromatic carbocycles. The van der Waals surface area contributed by atoms with Crippen LogP contribution in [0.5, 0.6) is 0 Å². The van der Waals surface area contributed by atoms with Crippen LogP contribution in [0.15, 0.2) is 36.5 Å². The van der Waals surface area contributed by atoms with E-state index in [1.54, 1.807) is 17.0 Å². The molecule has 1 fully saturated rings. The molecule has 178 valence electrons. The molecule has 11 heteroatoms. The number of benzene rings is 1. The zero-order chi connectivity index (χ0) is 24.4. The molecule has 1 aliphatic heterocycles. The van der Waals surface area contributed by atoms with Gasteiger partial charge in [-0.2, -0.15) is 0 Å². The monoisotopic (exact) mass is 489 g/mol. The van der Waals surface area contributed by atoms with Crippen LogP contribution in [-0.2, 0) is 16.0 Å². The van der Waals surface area contributed by atoms with E-state index in [9.17, 15) is 23.2 Å². The summed E-state index contributed by atoms with van der Waals surface area (Å²) in [5.74, 6) is -2.64.